The molecule has 19 heavy (non-hydrogen) atoms. The third kappa shape index (κ3) is 2.49. The summed E-state index contributed by atoms with van der Waals surface area (Å²) in [5.74, 6) is -0.465. The number of pyridine rings is 1. The normalized spacial score (nSPS) is 12.7. The quantitative estimate of drug-likeness (QED) is 0.374. The zero-order valence-corrected chi connectivity index (χ0v) is 9.33. The van der Waals surface area contributed by atoms with Crippen LogP contribution in [0.2, 0.25) is 0 Å². The first kappa shape index (κ1) is 12.9. The lowest BCUT2D eigenvalue weighted by atomic mass is 10.2. The monoisotopic (exact) mass is 271 g/mol. The Bertz CT molecular complexity index is 606. The Hall–Kier alpha value is -2.58. The van der Waals surface area contributed by atoms with Crippen LogP contribution in [0.1, 0.15) is 11.3 Å². The van der Waals surface area contributed by atoms with Crippen molar-refractivity contribution in [3.05, 3.63) is 42.1 Å². The molecule has 6 nitrogen and oxygen atoms in total. The molecule has 0 amide bonds. The summed E-state index contributed by atoms with van der Waals surface area (Å²) in [6, 6.07) is 1.84. The number of halogens is 3. The van der Waals surface area contributed by atoms with Crippen LogP contribution in [-0.2, 0) is 6.18 Å². The van der Waals surface area contributed by atoms with Crippen molar-refractivity contribution in [2.75, 3.05) is 0 Å². The second-order valence-corrected chi connectivity index (χ2v) is 3.52. The van der Waals surface area contributed by atoms with Gasteiger partial charge in [-0.2, -0.15) is 13.2 Å². The number of hydrogen-bond acceptors (Lipinski definition) is 4. The van der Waals surface area contributed by atoms with Gasteiger partial charge in [0.1, 0.15) is 17.8 Å². The topological polar surface area (TPSA) is 89.3 Å². The first-order valence-electron chi connectivity index (χ1n) is 4.98. The van der Waals surface area contributed by atoms with Crippen LogP contribution >= 0.6 is 0 Å². The van der Waals surface area contributed by atoms with Gasteiger partial charge in [0.2, 0.25) is 0 Å². The standard InChI is InChI=1S/C10H8F3N5O/c11-10(12,13)7-2-1-6(8(14)17-19)9(16-7)18-4-3-15-5-18/h1-5,19H,(H2,14,17). The largest absolute Gasteiger partial charge is 0.433 e. The fraction of sp³-hybridized carbons (Fsp3) is 0.100. The molecule has 0 unspecified atom stereocenters. The molecular formula is C10H8F3N5O. The highest BCUT2D eigenvalue weighted by Gasteiger charge is 2.33. The Morgan fingerprint density at radius 1 is 1.37 bits per heavy atom. The van der Waals surface area contributed by atoms with Gasteiger partial charge in [-0.25, -0.2) is 9.97 Å². The molecular weight excluding hydrogens is 263 g/mol. The molecule has 0 saturated heterocycles. The smallest absolute Gasteiger partial charge is 0.409 e. The first-order valence-corrected chi connectivity index (χ1v) is 4.98. The number of rotatable bonds is 2. The highest BCUT2D eigenvalue weighted by Crippen LogP contribution is 2.29. The SMILES string of the molecule is NC(=NO)c1ccc(C(F)(F)F)nc1-n1ccnc1. The van der Waals surface area contributed by atoms with Gasteiger partial charge in [0.25, 0.3) is 0 Å². The van der Waals surface area contributed by atoms with Crippen molar-refractivity contribution in [3.63, 3.8) is 0 Å². The lowest BCUT2D eigenvalue weighted by Crippen LogP contribution is -2.19. The van der Waals surface area contributed by atoms with Gasteiger partial charge in [-0.15, -0.1) is 0 Å². The van der Waals surface area contributed by atoms with Crippen molar-refractivity contribution >= 4 is 5.84 Å². The van der Waals surface area contributed by atoms with Crippen LogP contribution in [0.5, 0.6) is 0 Å². The number of alkyl halides is 3. The Morgan fingerprint density at radius 3 is 2.63 bits per heavy atom. The predicted octanol–water partition coefficient (Wildman–Crippen LogP) is 1.38. The first-order chi connectivity index (χ1) is 8.93. The Balaban J connectivity index is 2.65. The molecule has 2 heterocycles. The third-order valence-electron chi connectivity index (χ3n) is 2.30. The number of aromatic nitrogens is 3. The molecule has 0 atom stereocenters. The lowest BCUT2D eigenvalue weighted by Gasteiger charge is -2.12. The van der Waals surface area contributed by atoms with Crippen molar-refractivity contribution < 1.29 is 18.4 Å². The van der Waals surface area contributed by atoms with E-state index in [0.29, 0.717) is 0 Å². The Labute approximate surface area is 105 Å². The van der Waals surface area contributed by atoms with E-state index in [2.05, 4.69) is 15.1 Å². The minimum atomic E-state index is -4.58. The fourth-order valence-electron chi connectivity index (χ4n) is 1.44. The van der Waals surface area contributed by atoms with E-state index in [9.17, 15) is 13.2 Å². The van der Waals surface area contributed by atoms with Crippen LogP contribution in [-0.4, -0.2) is 25.6 Å². The van der Waals surface area contributed by atoms with Gasteiger partial charge in [-0.05, 0) is 12.1 Å². The summed E-state index contributed by atoms with van der Waals surface area (Å²) in [5.41, 5.74) is 4.39. The molecule has 9 heteroatoms. The van der Waals surface area contributed by atoms with Crippen molar-refractivity contribution in [2.45, 2.75) is 6.18 Å². The van der Waals surface area contributed by atoms with Crippen LogP contribution in [0, 0.1) is 0 Å². The van der Waals surface area contributed by atoms with Crippen LogP contribution in [0.4, 0.5) is 13.2 Å². The number of nitrogens with zero attached hydrogens (tertiary/aromatic N) is 4. The van der Waals surface area contributed by atoms with Gasteiger partial charge in [-0.1, -0.05) is 5.16 Å². The summed E-state index contributed by atoms with van der Waals surface area (Å²) in [6.07, 6.45) is -0.551. The second kappa shape index (κ2) is 4.59. The van der Waals surface area contributed by atoms with Gasteiger partial charge in [-0.3, -0.25) is 4.57 Å². The summed E-state index contributed by atoms with van der Waals surface area (Å²) in [7, 11) is 0. The molecule has 3 N–H and O–H groups in total. The number of oxime groups is 1. The molecule has 0 saturated carbocycles. The molecule has 0 fully saturated rings. The van der Waals surface area contributed by atoms with Crippen LogP contribution in [0.15, 0.2) is 36.0 Å². The number of hydrogen-bond donors (Lipinski definition) is 2. The van der Waals surface area contributed by atoms with Gasteiger partial charge >= 0.3 is 6.18 Å². The van der Waals surface area contributed by atoms with Crippen LogP contribution in [0.3, 0.4) is 0 Å². The zero-order valence-electron chi connectivity index (χ0n) is 9.33. The van der Waals surface area contributed by atoms with Crippen molar-refractivity contribution in [1.82, 2.24) is 14.5 Å². The highest BCUT2D eigenvalue weighted by atomic mass is 19.4. The average Bonchev–Trinajstić information content (AvgIpc) is 2.89. The Kier molecular flexibility index (Phi) is 3.11. The van der Waals surface area contributed by atoms with Crippen molar-refractivity contribution in [2.24, 2.45) is 10.9 Å². The van der Waals surface area contributed by atoms with Crippen LogP contribution in [0.25, 0.3) is 5.82 Å². The number of amidine groups is 1. The fourth-order valence-corrected chi connectivity index (χ4v) is 1.44. The van der Waals surface area contributed by atoms with Gasteiger partial charge in [0.15, 0.2) is 5.84 Å². The Morgan fingerprint density at radius 2 is 2.11 bits per heavy atom. The maximum Gasteiger partial charge on any atom is 0.433 e. The lowest BCUT2D eigenvalue weighted by molar-refractivity contribution is -0.141. The molecule has 0 aromatic carbocycles. The van der Waals surface area contributed by atoms with Gasteiger partial charge in [0, 0.05) is 12.4 Å². The molecule has 2 rings (SSSR count). The highest BCUT2D eigenvalue weighted by molar-refractivity contribution is 5.99. The summed E-state index contributed by atoms with van der Waals surface area (Å²) < 4.78 is 39.1. The second-order valence-electron chi connectivity index (χ2n) is 3.52. The molecule has 0 radical (unpaired) electrons. The minimum Gasteiger partial charge on any atom is -0.409 e. The van der Waals surface area contributed by atoms with Gasteiger partial charge in [0.05, 0.1) is 5.56 Å². The van der Waals surface area contributed by atoms with Gasteiger partial charge < -0.3 is 10.9 Å². The summed E-state index contributed by atoms with van der Waals surface area (Å²) in [5, 5.41) is 11.4. The van der Waals surface area contributed by atoms with E-state index in [4.69, 9.17) is 10.9 Å². The summed E-state index contributed by atoms with van der Waals surface area (Å²) >= 11 is 0. The molecule has 0 bridgehead atoms. The molecule has 100 valence electrons. The summed E-state index contributed by atoms with van der Waals surface area (Å²) in [4.78, 5) is 7.20. The van der Waals surface area contributed by atoms with E-state index in [0.717, 1.165) is 12.1 Å². The van der Waals surface area contributed by atoms with Crippen LogP contribution < -0.4 is 5.73 Å². The van der Waals surface area contributed by atoms with E-state index >= 15 is 0 Å². The number of nitrogens with two attached hydrogens (primary N) is 1. The van der Waals surface area contributed by atoms with Crippen molar-refractivity contribution in [3.8, 4) is 5.82 Å². The van der Waals surface area contributed by atoms with E-state index < -0.39 is 11.9 Å². The molecule has 0 aliphatic rings. The zero-order chi connectivity index (χ0) is 14.0. The van der Waals surface area contributed by atoms with E-state index in [1.54, 1.807) is 0 Å². The maximum absolute atomic E-state index is 12.6. The average molecular weight is 271 g/mol. The summed E-state index contributed by atoms with van der Waals surface area (Å²) in [6.45, 7) is 0. The van der Waals surface area contributed by atoms with Crippen molar-refractivity contribution in [1.29, 1.82) is 0 Å². The molecule has 2 aromatic heterocycles. The molecule has 2 aromatic rings. The molecule has 0 aliphatic heterocycles. The van der Waals surface area contributed by atoms with E-state index in [1.165, 1.54) is 23.3 Å². The third-order valence-corrected chi connectivity index (χ3v) is 2.30. The van der Waals surface area contributed by atoms with E-state index in [1.807, 2.05) is 0 Å². The maximum atomic E-state index is 12.6. The number of imidazole rings is 1. The minimum absolute atomic E-state index is 0.0634. The van der Waals surface area contributed by atoms with E-state index in [-0.39, 0.29) is 17.2 Å². The predicted molar refractivity (Wildman–Crippen MR) is 58.9 cm³/mol. The molecule has 0 spiro atoms. The molecule has 0 aliphatic carbocycles.